The summed E-state index contributed by atoms with van der Waals surface area (Å²) in [7, 11) is 0. The third kappa shape index (κ3) is 6.40. The predicted molar refractivity (Wildman–Crippen MR) is 157 cm³/mol. The van der Waals surface area contributed by atoms with Crippen LogP contribution in [0.2, 0.25) is 0 Å². The molecule has 212 valence electrons. The first-order valence-electron chi connectivity index (χ1n) is 13.8. The number of ether oxygens (including phenoxy) is 3. The zero-order valence-corrected chi connectivity index (χ0v) is 23.0. The molecule has 1 aliphatic rings. The van der Waals surface area contributed by atoms with Gasteiger partial charge >= 0.3 is 0 Å². The smallest absolute Gasteiger partial charge is 0.217 e. The minimum Gasteiger partial charge on any atom is -0.369 e. The number of rotatable bonds is 10. The summed E-state index contributed by atoms with van der Waals surface area (Å²) in [6.45, 7) is 1.70. The van der Waals surface area contributed by atoms with E-state index in [1.807, 2.05) is 121 Å². The lowest BCUT2D eigenvalue weighted by Gasteiger charge is -2.45. The second-order valence-corrected chi connectivity index (χ2v) is 10.2. The summed E-state index contributed by atoms with van der Waals surface area (Å²) in [5, 5.41) is 13.8. The Bertz CT molecular complexity index is 1280. The molecule has 41 heavy (non-hydrogen) atoms. The molecule has 1 aliphatic heterocycles. The van der Waals surface area contributed by atoms with Gasteiger partial charge in [-0.2, -0.15) is 0 Å². The Morgan fingerprint density at radius 1 is 0.829 bits per heavy atom. The Morgan fingerprint density at radius 2 is 1.29 bits per heavy atom. The molecule has 1 heterocycles. The fourth-order valence-corrected chi connectivity index (χ4v) is 5.46. The van der Waals surface area contributed by atoms with Crippen LogP contribution in [0.5, 0.6) is 0 Å². The molecule has 0 bridgehead atoms. The zero-order chi connectivity index (χ0) is 28.7. The van der Waals surface area contributed by atoms with Crippen molar-refractivity contribution in [2.24, 2.45) is 5.73 Å². The van der Waals surface area contributed by atoms with E-state index in [0.29, 0.717) is 0 Å². The Hall–Kier alpha value is -3.85. The van der Waals surface area contributed by atoms with Crippen LogP contribution in [-0.2, 0) is 31.2 Å². The molecule has 5 atom stereocenters. The maximum Gasteiger partial charge on any atom is 0.217 e. The van der Waals surface area contributed by atoms with Crippen LogP contribution in [0.15, 0.2) is 121 Å². The summed E-state index contributed by atoms with van der Waals surface area (Å²) < 4.78 is 19.2. The average Bonchev–Trinajstić information content (AvgIpc) is 3.01. The fourth-order valence-electron chi connectivity index (χ4n) is 5.46. The summed E-state index contributed by atoms with van der Waals surface area (Å²) in [6, 6.07) is 38.2. The van der Waals surface area contributed by atoms with Gasteiger partial charge in [-0.15, -0.1) is 0 Å². The normalized spacial score (nSPS) is 22.7. The quantitative estimate of drug-likeness (QED) is 0.256. The van der Waals surface area contributed by atoms with Crippen molar-refractivity contribution in [3.05, 3.63) is 144 Å². The molecule has 5 rings (SSSR count). The van der Waals surface area contributed by atoms with Crippen LogP contribution >= 0.6 is 0 Å². The Labute approximate surface area is 240 Å². The molecule has 0 spiro atoms. The van der Waals surface area contributed by atoms with Gasteiger partial charge in [0.2, 0.25) is 5.91 Å². The molecule has 7 heteroatoms. The van der Waals surface area contributed by atoms with Gasteiger partial charge in [0, 0.05) is 6.92 Å². The Kier molecular flexibility index (Phi) is 9.24. The van der Waals surface area contributed by atoms with Gasteiger partial charge in [-0.3, -0.25) is 4.79 Å². The summed E-state index contributed by atoms with van der Waals surface area (Å²) in [4.78, 5) is 12.0. The van der Waals surface area contributed by atoms with E-state index in [1.165, 1.54) is 6.92 Å². The number of hydrogen-bond donors (Lipinski definition) is 3. The number of nitrogens with two attached hydrogens (primary N) is 1. The topological polar surface area (TPSA) is 103 Å². The van der Waals surface area contributed by atoms with E-state index < -0.39 is 36.2 Å². The molecule has 4 aromatic rings. The van der Waals surface area contributed by atoms with Crippen LogP contribution in [0.3, 0.4) is 0 Å². The van der Waals surface area contributed by atoms with Crippen molar-refractivity contribution in [1.29, 1.82) is 0 Å². The molecule has 4 N–H and O–H groups in total. The van der Waals surface area contributed by atoms with Crippen LogP contribution in [-0.4, -0.2) is 48.2 Å². The second kappa shape index (κ2) is 13.2. The number of nitrogens with one attached hydrogen (secondary N) is 1. The molecular weight excluding hydrogens is 516 g/mol. The highest BCUT2D eigenvalue weighted by molar-refractivity contribution is 5.73. The van der Waals surface area contributed by atoms with Crippen LogP contribution in [0, 0.1) is 0 Å². The molecule has 4 aromatic carbocycles. The molecule has 0 aliphatic carbocycles. The van der Waals surface area contributed by atoms with Crippen molar-refractivity contribution in [3.8, 4) is 0 Å². The molecule has 7 nitrogen and oxygen atoms in total. The number of carbonyl (C=O) groups is 1. The third-order valence-electron chi connectivity index (χ3n) is 7.44. The van der Waals surface area contributed by atoms with Crippen molar-refractivity contribution in [2.75, 3.05) is 6.61 Å². The summed E-state index contributed by atoms with van der Waals surface area (Å²) >= 11 is 0. The van der Waals surface area contributed by atoms with E-state index in [4.69, 9.17) is 19.9 Å². The van der Waals surface area contributed by atoms with Gasteiger partial charge in [-0.25, -0.2) is 0 Å². The number of aliphatic hydroxyl groups is 1. The molecular formula is C34H36N2O5. The molecule has 1 fully saturated rings. The largest absolute Gasteiger partial charge is 0.369 e. The van der Waals surface area contributed by atoms with Gasteiger partial charge in [0.15, 0.2) is 6.29 Å². The van der Waals surface area contributed by atoms with Crippen molar-refractivity contribution >= 4 is 5.91 Å². The van der Waals surface area contributed by atoms with Gasteiger partial charge in [0.1, 0.15) is 23.9 Å². The number of carbonyl (C=O) groups excluding carboxylic acids is 1. The van der Waals surface area contributed by atoms with Gasteiger partial charge in [-0.1, -0.05) is 121 Å². The minimum absolute atomic E-state index is 0.0505. The zero-order valence-electron chi connectivity index (χ0n) is 23.0. The van der Waals surface area contributed by atoms with Crippen molar-refractivity contribution in [1.82, 2.24) is 5.32 Å². The number of aliphatic hydroxyl groups excluding tert-OH is 1. The van der Waals surface area contributed by atoms with E-state index in [0.717, 1.165) is 22.3 Å². The fraction of sp³-hybridized carbons (Fsp3) is 0.265. The molecule has 0 radical (unpaired) electrons. The third-order valence-corrected chi connectivity index (χ3v) is 7.44. The minimum atomic E-state index is -1.34. The van der Waals surface area contributed by atoms with Gasteiger partial charge in [0.05, 0.1) is 19.3 Å². The Balaban J connectivity index is 1.47. The van der Waals surface area contributed by atoms with E-state index in [2.05, 4.69) is 5.32 Å². The maximum atomic E-state index is 12.0. The van der Waals surface area contributed by atoms with Crippen molar-refractivity contribution < 1.29 is 24.1 Å². The molecule has 0 saturated carbocycles. The standard InChI is InChI=1S/C34H36N2O5/c1-24(37)36-31-32(39-22-25-14-6-2-7-15-25)30(35)29(41-33(31)38)23-40-34(26-16-8-3-9-17-26,27-18-10-4-11-19-27)28-20-12-5-13-21-28/h2-21,29-33,38H,22-23,35H2,1H3,(H,36,37)/t29-,30+,31-,32+,33-/m1/s1. The maximum absolute atomic E-state index is 12.0. The van der Waals surface area contributed by atoms with Gasteiger partial charge < -0.3 is 30.4 Å². The number of benzene rings is 4. The number of amides is 1. The van der Waals surface area contributed by atoms with E-state index >= 15 is 0 Å². The SMILES string of the molecule is CC(=O)N[C@@H]1[C@@H](OCc2ccccc2)[C@@H](N)[C@@H](COC(c2ccccc2)(c2ccccc2)c2ccccc2)O[C@H]1O. The lowest BCUT2D eigenvalue weighted by molar-refractivity contribution is -0.239. The van der Waals surface area contributed by atoms with Crippen molar-refractivity contribution in [3.63, 3.8) is 0 Å². The van der Waals surface area contributed by atoms with Crippen LogP contribution < -0.4 is 11.1 Å². The highest BCUT2D eigenvalue weighted by Gasteiger charge is 2.47. The van der Waals surface area contributed by atoms with Gasteiger partial charge in [-0.05, 0) is 22.3 Å². The first kappa shape index (κ1) is 28.7. The van der Waals surface area contributed by atoms with E-state index in [9.17, 15) is 9.90 Å². The second-order valence-electron chi connectivity index (χ2n) is 10.2. The summed E-state index contributed by atoms with van der Waals surface area (Å²) in [6.07, 6.45) is -2.80. The molecule has 0 aromatic heterocycles. The van der Waals surface area contributed by atoms with Crippen LogP contribution in [0.25, 0.3) is 0 Å². The van der Waals surface area contributed by atoms with E-state index in [1.54, 1.807) is 0 Å². The lowest BCUT2D eigenvalue weighted by Crippen LogP contribution is -2.67. The van der Waals surface area contributed by atoms with Gasteiger partial charge in [0.25, 0.3) is 0 Å². The predicted octanol–water partition coefficient (Wildman–Crippen LogP) is 4.13. The molecule has 0 unspecified atom stereocenters. The average molecular weight is 553 g/mol. The van der Waals surface area contributed by atoms with E-state index in [-0.39, 0.29) is 19.1 Å². The summed E-state index contributed by atoms with van der Waals surface area (Å²) in [5.41, 5.74) is 9.56. The highest BCUT2D eigenvalue weighted by Crippen LogP contribution is 2.41. The first-order chi connectivity index (χ1) is 20.0. The molecule has 1 saturated heterocycles. The van der Waals surface area contributed by atoms with Crippen molar-refractivity contribution in [2.45, 2.75) is 49.7 Å². The molecule has 1 amide bonds. The van der Waals surface area contributed by atoms with Crippen LogP contribution in [0.4, 0.5) is 0 Å². The summed E-state index contributed by atoms with van der Waals surface area (Å²) in [5.74, 6) is -0.316. The monoisotopic (exact) mass is 552 g/mol. The lowest BCUT2D eigenvalue weighted by atomic mass is 9.80. The Morgan fingerprint density at radius 3 is 1.76 bits per heavy atom. The number of hydrogen-bond acceptors (Lipinski definition) is 6. The van der Waals surface area contributed by atoms with Crippen LogP contribution in [0.1, 0.15) is 29.2 Å². The first-order valence-corrected chi connectivity index (χ1v) is 13.8. The highest BCUT2D eigenvalue weighted by atomic mass is 16.6.